The normalized spacial score (nSPS) is 13.8. The van der Waals surface area contributed by atoms with Crippen molar-refractivity contribution in [2.45, 2.75) is 13.5 Å². The van der Waals surface area contributed by atoms with Gasteiger partial charge in [-0.15, -0.1) is 11.3 Å². The van der Waals surface area contributed by atoms with E-state index in [9.17, 15) is 9.59 Å². The van der Waals surface area contributed by atoms with Crippen LogP contribution in [0.25, 0.3) is 11.1 Å². The molecule has 7 heteroatoms. The summed E-state index contributed by atoms with van der Waals surface area (Å²) in [6.07, 6.45) is 0. The highest BCUT2D eigenvalue weighted by molar-refractivity contribution is 7.15. The average molecular weight is 501 g/mol. The predicted molar refractivity (Wildman–Crippen MR) is 141 cm³/mol. The van der Waals surface area contributed by atoms with Crippen molar-refractivity contribution in [3.63, 3.8) is 0 Å². The zero-order valence-corrected chi connectivity index (χ0v) is 20.5. The number of hydrogen-bond donors (Lipinski definition) is 0. The number of anilines is 1. The molecule has 0 N–H and O–H groups in total. The number of amides is 1. The van der Waals surface area contributed by atoms with Gasteiger partial charge < -0.3 is 9.64 Å². The predicted octanol–water partition coefficient (Wildman–Crippen LogP) is 6.91. The van der Waals surface area contributed by atoms with Crippen LogP contribution in [0.1, 0.15) is 28.4 Å². The lowest BCUT2D eigenvalue weighted by molar-refractivity contribution is -0.112. The fourth-order valence-electron chi connectivity index (χ4n) is 4.10. The van der Waals surface area contributed by atoms with Crippen LogP contribution in [0.5, 0.6) is 0 Å². The summed E-state index contributed by atoms with van der Waals surface area (Å²) in [5.41, 5.74) is 4.50. The molecule has 35 heavy (non-hydrogen) atoms. The first-order chi connectivity index (χ1) is 17.1. The van der Waals surface area contributed by atoms with Gasteiger partial charge in [-0.05, 0) is 24.6 Å². The highest BCUT2D eigenvalue weighted by atomic mass is 35.5. The number of esters is 1. The minimum Gasteiger partial charge on any atom is -0.462 e. The number of carbonyl (C=O) groups is 2. The standard InChI is InChI=1S/C28H21ClN2O3S/c1-2-34-28(33)24-21(19-12-6-8-14-22(19)29)17-35-26(24)30-25-20-13-7-9-15-23(20)31(27(25)32)16-18-10-4-3-5-11-18/h3-15,17H,2,16H2,1H3/b30-25+. The molecule has 1 amide bonds. The number of benzene rings is 3. The molecule has 5 nitrogen and oxygen atoms in total. The number of hydrogen-bond acceptors (Lipinski definition) is 5. The summed E-state index contributed by atoms with van der Waals surface area (Å²) in [5, 5.41) is 2.77. The molecular formula is C28H21ClN2O3S. The van der Waals surface area contributed by atoms with Gasteiger partial charge in [-0.2, -0.15) is 0 Å². The third kappa shape index (κ3) is 4.38. The van der Waals surface area contributed by atoms with Gasteiger partial charge in [-0.25, -0.2) is 9.79 Å². The van der Waals surface area contributed by atoms with E-state index in [0.29, 0.717) is 39.0 Å². The minimum atomic E-state index is -0.497. The van der Waals surface area contributed by atoms with Gasteiger partial charge in [0, 0.05) is 27.1 Å². The smallest absolute Gasteiger partial charge is 0.341 e. The van der Waals surface area contributed by atoms with Crippen LogP contribution in [0.3, 0.4) is 0 Å². The number of carbonyl (C=O) groups excluding carboxylic acids is 2. The average Bonchev–Trinajstić information content (AvgIpc) is 3.40. The lowest BCUT2D eigenvalue weighted by Gasteiger charge is -2.16. The van der Waals surface area contributed by atoms with E-state index in [1.165, 1.54) is 11.3 Å². The van der Waals surface area contributed by atoms with Crippen LogP contribution in [0.2, 0.25) is 5.02 Å². The van der Waals surface area contributed by atoms with E-state index in [4.69, 9.17) is 21.3 Å². The summed E-state index contributed by atoms with van der Waals surface area (Å²) in [5.74, 6) is -0.708. The molecule has 174 valence electrons. The molecule has 0 fully saturated rings. The maximum Gasteiger partial charge on any atom is 0.341 e. The second-order valence-electron chi connectivity index (χ2n) is 7.88. The Hall–Kier alpha value is -3.74. The van der Waals surface area contributed by atoms with Gasteiger partial charge in [-0.3, -0.25) is 4.79 Å². The lowest BCUT2D eigenvalue weighted by atomic mass is 10.0. The molecule has 3 aromatic carbocycles. The van der Waals surface area contributed by atoms with E-state index in [2.05, 4.69) is 0 Å². The number of para-hydroxylation sites is 1. The summed E-state index contributed by atoms with van der Waals surface area (Å²) in [7, 11) is 0. The fraction of sp³-hybridized carbons (Fsp3) is 0.107. The third-order valence-electron chi connectivity index (χ3n) is 5.71. The summed E-state index contributed by atoms with van der Waals surface area (Å²) in [4.78, 5) is 33.1. The SMILES string of the molecule is CCOC(=O)c1c(-c2ccccc2Cl)csc1/N=C1/C(=O)N(Cc2ccccc2)c2ccccc21. The second-order valence-corrected chi connectivity index (χ2v) is 9.15. The largest absolute Gasteiger partial charge is 0.462 e. The first-order valence-corrected chi connectivity index (χ1v) is 12.4. The number of fused-ring (bicyclic) bond motifs is 1. The maximum atomic E-state index is 13.6. The van der Waals surface area contributed by atoms with Crippen LogP contribution < -0.4 is 4.90 Å². The van der Waals surface area contributed by atoms with Gasteiger partial charge in [0.25, 0.3) is 5.91 Å². The zero-order valence-electron chi connectivity index (χ0n) is 18.9. The topological polar surface area (TPSA) is 59.0 Å². The molecule has 0 spiro atoms. The van der Waals surface area contributed by atoms with Crippen LogP contribution in [0.15, 0.2) is 89.2 Å². The Bertz CT molecular complexity index is 1450. The van der Waals surface area contributed by atoms with E-state index < -0.39 is 5.97 Å². The van der Waals surface area contributed by atoms with E-state index in [0.717, 1.165) is 16.8 Å². The molecule has 0 aliphatic carbocycles. The molecule has 0 saturated carbocycles. The van der Waals surface area contributed by atoms with E-state index in [1.807, 2.05) is 78.2 Å². The second kappa shape index (κ2) is 9.86. The maximum absolute atomic E-state index is 13.6. The van der Waals surface area contributed by atoms with E-state index in [-0.39, 0.29) is 12.5 Å². The first kappa shape index (κ1) is 23.0. The van der Waals surface area contributed by atoms with Gasteiger partial charge in [0.15, 0.2) is 0 Å². The Kier molecular flexibility index (Phi) is 6.49. The van der Waals surface area contributed by atoms with E-state index in [1.54, 1.807) is 17.9 Å². The van der Waals surface area contributed by atoms with Gasteiger partial charge >= 0.3 is 5.97 Å². The molecule has 4 aromatic rings. The molecule has 0 saturated heterocycles. The summed E-state index contributed by atoms with van der Waals surface area (Å²) >= 11 is 7.72. The number of halogens is 1. The van der Waals surface area contributed by atoms with Crippen molar-refractivity contribution >= 4 is 51.2 Å². The summed E-state index contributed by atoms with van der Waals surface area (Å²) in [6.45, 7) is 2.40. The number of rotatable bonds is 6. The highest BCUT2D eigenvalue weighted by Gasteiger charge is 2.34. The van der Waals surface area contributed by atoms with Crippen LogP contribution in [-0.4, -0.2) is 24.2 Å². The van der Waals surface area contributed by atoms with Gasteiger partial charge in [0.05, 0.1) is 18.8 Å². The Morgan fingerprint density at radius 2 is 1.63 bits per heavy atom. The Labute approximate surface area is 212 Å². The van der Waals surface area contributed by atoms with Crippen LogP contribution in [0.4, 0.5) is 10.7 Å². The summed E-state index contributed by atoms with van der Waals surface area (Å²) in [6, 6.07) is 24.7. The molecule has 5 rings (SSSR count). The fourth-order valence-corrected chi connectivity index (χ4v) is 5.27. The van der Waals surface area contributed by atoms with Crippen molar-refractivity contribution in [3.8, 4) is 11.1 Å². The zero-order chi connectivity index (χ0) is 24.4. The monoisotopic (exact) mass is 500 g/mol. The van der Waals surface area contributed by atoms with Crippen molar-refractivity contribution in [1.82, 2.24) is 0 Å². The Morgan fingerprint density at radius 1 is 0.943 bits per heavy atom. The molecular weight excluding hydrogens is 480 g/mol. The molecule has 2 heterocycles. The van der Waals surface area contributed by atoms with Crippen LogP contribution >= 0.6 is 22.9 Å². The number of ether oxygens (including phenoxy) is 1. The molecule has 0 radical (unpaired) electrons. The number of nitrogens with zero attached hydrogens (tertiary/aromatic N) is 2. The number of aliphatic imine (C=N–C) groups is 1. The van der Waals surface area contributed by atoms with Crippen molar-refractivity contribution in [2.24, 2.45) is 4.99 Å². The van der Waals surface area contributed by atoms with Crippen molar-refractivity contribution < 1.29 is 14.3 Å². The van der Waals surface area contributed by atoms with E-state index >= 15 is 0 Å². The molecule has 0 bridgehead atoms. The Morgan fingerprint density at radius 3 is 2.37 bits per heavy atom. The highest BCUT2D eigenvalue weighted by Crippen LogP contribution is 2.42. The van der Waals surface area contributed by atoms with Crippen LogP contribution in [-0.2, 0) is 16.1 Å². The molecule has 1 aliphatic heterocycles. The van der Waals surface area contributed by atoms with Crippen molar-refractivity contribution in [2.75, 3.05) is 11.5 Å². The van der Waals surface area contributed by atoms with Gasteiger partial charge in [0.2, 0.25) is 0 Å². The summed E-state index contributed by atoms with van der Waals surface area (Å²) < 4.78 is 5.35. The molecule has 1 aliphatic rings. The molecule has 1 aromatic heterocycles. The van der Waals surface area contributed by atoms with Crippen molar-refractivity contribution in [1.29, 1.82) is 0 Å². The molecule has 0 unspecified atom stereocenters. The van der Waals surface area contributed by atoms with Crippen molar-refractivity contribution in [3.05, 3.63) is 106 Å². The van der Waals surface area contributed by atoms with Gasteiger partial charge in [0.1, 0.15) is 16.3 Å². The third-order valence-corrected chi connectivity index (χ3v) is 6.91. The van der Waals surface area contributed by atoms with Crippen LogP contribution in [0, 0.1) is 0 Å². The first-order valence-electron chi connectivity index (χ1n) is 11.2. The minimum absolute atomic E-state index is 0.211. The molecule has 0 atom stereocenters. The lowest BCUT2D eigenvalue weighted by Crippen LogP contribution is -2.29. The van der Waals surface area contributed by atoms with Gasteiger partial charge in [-0.1, -0.05) is 78.3 Å². The quantitative estimate of drug-likeness (QED) is 0.270. The Balaban J connectivity index is 1.62. The number of thiophene rings is 1.